The number of hydrogen-bond donors (Lipinski definition) is 1. The third-order valence-electron chi connectivity index (χ3n) is 2.75. The molecule has 0 radical (unpaired) electrons. The molecule has 0 amide bonds. The molecule has 6 nitrogen and oxygen atoms in total. The third kappa shape index (κ3) is 3.77. The van der Waals surface area contributed by atoms with E-state index in [0.717, 1.165) is 6.92 Å². The van der Waals surface area contributed by atoms with Crippen molar-refractivity contribution in [1.82, 2.24) is 20.6 Å². The summed E-state index contributed by atoms with van der Waals surface area (Å²) in [5.41, 5.74) is 0.764. The summed E-state index contributed by atoms with van der Waals surface area (Å²) in [6, 6.07) is 5.95. The van der Waals surface area contributed by atoms with Crippen LogP contribution in [0.25, 0.3) is 11.4 Å². The van der Waals surface area contributed by atoms with E-state index in [4.69, 9.17) is 0 Å². The van der Waals surface area contributed by atoms with E-state index < -0.39 is 24.7 Å². The maximum atomic E-state index is 12.3. The van der Waals surface area contributed by atoms with Gasteiger partial charge in [0.2, 0.25) is 5.82 Å². The average Bonchev–Trinajstić information content (AvgIpc) is 2.97. The van der Waals surface area contributed by atoms with Crippen molar-refractivity contribution in [3.8, 4) is 11.4 Å². The van der Waals surface area contributed by atoms with E-state index in [2.05, 4.69) is 25.4 Å². The van der Waals surface area contributed by atoms with Crippen LogP contribution in [0.3, 0.4) is 0 Å². The monoisotopic (exact) mass is 300 g/mol. The van der Waals surface area contributed by atoms with Crippen molar-refractivity contribution in [1.29, 1.82) is 0 Å². The summed E-state index contributed by atoms with van der Waals surface area (Å²) in [6.07, 6.45) is -4.39. The highest BCUT2D eigenvalue weighted by Crippen LogP contribution is 2.26. The minimum atomic E-state index is -4.39. The zero-order valence-electron chi connectivity index (χ0n) is 10.9. The zero-order valence-corrected chi connectivity index (χ0v) is 10.9. The fourth-order valence-electron chi connectivity index (χ4n) is 1.42. The molecule has 0 saturated heterocycles. The van der Waals surface area contributed by atoms with E-state index in [1.807, 2.05) is 0 Å². The number of benzene rings is 1. The Bertz CT molecular complexity index is 596. The van der Waals surface area contributed by atoms with Crippen LogP contribution in [0.15, 0.2) is 24.3 Å². The normalized spacial score (nSPS) is 13.0. The van der Waals surface area contributed by atoms with Gasteiger partial charge in [-0.2, -0.15) is 18.4 Å². The van der Waals surface area contributed by atoms with Gasteiger partial charge in [-0.05, 0) is 17.3 Å². The number of nitrogens with zero attached hydrogens (tertiary/aromatic N) is 3. The second kappa shape index (κ2) is 5.90. The van der Waals surface area contributed by atoms with Crippen LogP contribution < -0.4 is 0 Å². The van der Waals surface area contributed by atoms with Gasteiger partial charge in [0, 0.05) is 5.56 Å². The summed E-state index contributed by atoms with van der Waals surface area (Å²) in [4.78, 5) is 11.6. The number of H-pyrrole nitrogens is 1. The number of aromatic amines is 1. The molecule has 112 valence electrons. The van der Waals surface area contributed by atoms with Crippen molar-refractivity contribution in [3.05, 3.63) is 29.8 Å². The van der Waals surface area contributed by atoms with Crippen molar-refractivity contribution in [2.75, 3.05) is 6.61 Å². The number of esters is 1. The van der Waals surface area contributed by atoms with Gasteiger partial charge in [-0.15, -0.1) is 10.2 Å². The summed E-state index contributed by atoms with van der Waals surface area (Å²) in [5.74, 6) is -2.17. The molecule has 2 rings (SSSR count). The molecule has 1 aromatic heterocycles. The maximum absolute atomic E-state index is 12.3. The second-order valence-electron chi connectivity index (χ2n) is 4.35. The van der Waals surface area contributed by atoms with Gasteiger partial charge in [0.15, 0.2) is 0 Å². The Morgan fingerprint density at radius 3 is 2.52 bits per heavy atom. The molecule has 0 bridgehead atoms. The Labute approximate surface area is 117 Å². The standard InChI is InChI=1S/C12H11F3N4O2/c1-7(12(13,14)15)6-21-11(20)9-4-2-8(3-5-9)10-16-18-19-17-10/h2-5,7H,6H2,1H3,(H,16,17,18,19). The molecule has 21 heavy (non-hydrogen) atoms. The van der Waals surface area contributed by atoms with Crippen LogP contribution >= 0.6 is 0 Å². The number of tetrazole rings is 1. The van der Waals surface area contributed by atoms with E-state index in [-0.39, 0.29) is 5.56 Å². The molecule has 0 spiro atoms. The average molecular weight is 300 g/mol. The van der Waals surface area contributed by atoms with Crippen LogP contribution in [0.5, 0.6) is 0 Å². The van der Waals surface area contributed by atoms with E-state index in [0.29, 0.717) is 11.4 Å². The lowest BCUT2D eigenvalue weighted by atomic mass is 10.1. The number of carbonyl (C=O) groups is 1. The van der Waals surface area contributed by atoms with Crippen LogP contribution in [0, 0.1) is 5.92 Å². The predicted octanol–water partition coefficient (Wildman–Crippen LogP) is 2.22. The summed E-state index contributed by atoms with van der Waals surface area (Å²) in [6.45, 7) is 0.238. The number of hydrogen-bond acceptors (Lipinski definition) is 5. The SMILES string of the molecule is CC(COC(=O)c1ccc(-c2nn[nH]n2)cc1)C(F)(F)F. The molecule has 1 atom stereocenters. The number of ether oxygens (including phenoxy) is 1. The van der Waals surface area contributed by atoms with Gasteiger partial charge < -0.3 is 4.74 Å². The smallest absolute Gasteiger partial charge is 0.394 e. The molecule has 1 aromatic carbocycles. The largest absolute Gasteiger partial charge is 0.461 e. The first-order valence-corrected chi connectivity index (χ1v) is 5.95. The van der Waals surface area contributed by atoms with Crippen molar-refractivity contribution < 1.29 is 22.7 Å². The Morgan fingerprint density at radius 1 is 1.33 bits per heavy atom. The van der Waals surface area contributed by atoms with E-state index in [1.165, 1.54) is 12.1 Å². The molecule has 0 aliphatic rings. The third-order valence-corrected chi connectivity index (χ3v) is 2.75. The van der Waals surface area contributed by atoms with Gasteiger partial charge in [0.1, 0.15) is 6.61 Å². The first kappa shape index (κ1) is 14.9. The molecule has 9 heteroatoms. The Morgan fingerprint density at radius 2 is 2.00 bits per heavy atom. The number of carbonyl (C=O) groups excluding carboxylic acids is 1. The van der Waals surface area contributed by atoms with Crippen molar-refractivity contribution in [2.45, 2.75) is 13.1 Å². The van der Waals surface area contributed by atoms with Crippen LogP contribution in [-0.4, -0.2) is 39.4 Å². The summed E-state index contributed by atoms with van der Waals surface area (Å²) >= 11 is 0. The van der Waals surface area contributed by atoms with Gasteiger partial charge >= 0.3 is 12.1 Å². The summed E-state index contributed by atoms with van der Waals surface area (Å²) < 4.78 is 41.5. The lowest BCUT2D eigenvalue weighted by Gasteiger charge is -2.15. The summed E-state index contributed by atoms with van der Waals surface area (Å²) in [7, 11) is 0. The molecule has 1 unspecified atom stereocenters. The Kier molecular flexibility index (Phi) is 4.20. The highest BCUT2D eigenvalue weighted by atomic mass is 19.4. The topological polar surface area (TPSA) is 80.8 Å². The molecule has 0 aliphatic heterocycles. The second-order valence-corrected chi connectivity index (χ2v) is 4.35. The quantitative estimate of drug-likeness (QED) is 0.876. The minimum Gasteiger partial charge on any atom is -0.461 e. The van der Waals surface area contributed by atoms with Crippen molar-refractivity contribution in [3.63, 3.8) is 0 Å². The summed E-state index contributed by atoms with van der Waals surface area (Å²) in [5, 5.41) is 13.2. The van der Waals surface area contributed by atoms with Crippen LogP contribution in [0.1, 0.15) is 17.3 Å². The molecule has 0 saturated carbocycles. The Hall–Kier alpha value is -2.45. The van der Waals surface area contributed by atoms with Crippen LogP contribution in [-0.2, 0) is 4.74 Å². The van der Waals surface area contributed by atoms with Gasteiger partial charge in [0.25, 0.3) is 0 Å². The number of nitrogens with one attached hydrogen (secondary N) is 1. The van der Waals surface area contributed by atoms with E-state index in [9.17, 15) is 18.0 Å². The molecule has 0 fully saturated rings. The zero-order chi connectivity index (χ0) is 15.5. The van der Waals surface area contributed by atoms with Crippen LogP contribution in [0.4, 0.5) is 13.2 Å². The van der Waals surface area contributed by atoms with E-state index in [1.54, 1.807) is 12.1 Å². The molecular weight excluding hydrogens is 289 g/mol. The highest BCUT2D eigenvalue weighted by molar-refractivity contribution is 5.89. The van der Waals surface area contributed by atoms with Gasteiger partial charge in [-0.1, -0.05) is 19.1 Å². The first-order chi connectivity index (χ1) is 9.88. The van der Waals surface area contributed by atoms with Gasteiger partial charge in [-0.25, -0.2) is 4.79 Å². The van der Waals surface area contributed by atoms with E-state index >= 15 is 0 Å². The molecule has 2 aromatic rings. The fourth-order valence-corrected chi connectivity index (χ4v) is 1.42. The number of aromatic nitrogens is 4. The van der Waals surface area contributed by atoms with Gasteiger partial charge in [-0.3, -0.25) is 0 Å². The predicted molar refractivity (Wildman–Crippen MR) is 65.1 cm³/mol. The van der Waals surface area contributed by atoms with Crippen molar-refractivity contribution >= 4 is 5.97 Å². The molecular formula is C12H11F3N4O2. The fraction of sp³-hybridized carbons (Fsp3) is 0.333. The molecule has 1 heterocycles. The van der Waals surface area contributed by atoms with Gasteiger partial charge in [0.05, 0.1) is 11.5 Å². The number of alkyl halides is 3. The Balaban J connectivity index is 1.97. The maximum Gasteiger partial charge on any atom is 0.394 e. The van der Waals surface area contributed by atoms with Crippen molar-refractivity contribution in [2.24, 2.45) is 5.92 Å². The number of halogens is 3. The lowest BCUT2D eigenvalue weighted by molar-refractivity contribution is -0.178. The lowest BCUT2D eigenvalue weighted by Crippen LogP contribution is -2.25. The minimum absolute atomic E-state index is 0.150. The molecule has 1 N–H and O–H groups in total. The molecule has 0 aliphatic carbocycles. The highest BCUT2D eigenvalue weighted by Gasteiger charge is 2.36. The number of rotatable bonds is 4. The first-order valence-electron chi connectivity index (χ1n) is 5.95. The van der Waals surface area contributed by atoms with Crippen LogP contribution in [0.2, 0.25) is 0 Å².